The van der Waals surface area contributed by atoms with Crippen LogP contribution in [0.3, 0.4) is 0 Å². The van der Waals surface area contributed by atoms with Crippen molar-refractivity contribution < 1.29 is 74.4 Å². The van der Waals surface area contributed by atoms with Crippen LogP contribution in [-0.2, 0) is 28.5 Å². The first-order chi connectivity index (χ1) is 15.3. The van der Waals surface area contributed by atoms with E-state index in [9.17, 15) is 45.6 Å². The smallest absolute Gasteiger partial charge is 0.335 e. The molecule has 0 aliphatic carbocycles. The third kappa shape index (κ3) is 5.15. The van der Waals surface area contributed by atoms with Gasteiger partial charge in [0.1, 0.15) is 54.9 Å². The number of rotatable bonds is 5. The number of carboxylic acid groups (broad SMARTS) is 1. The average Bonchev–Trinajstić information content (AvgIpc) is 2.75. The Morgan fingerprint density at radius 2 is 1.15 bits per heavy atom. The minimum absolute atomic E-state index is 0.919. The van der Waals surface area contributed by atoms with Crippen molar-refractivity contribution in [3.63, 3.8) is 0 Å². The zero-order valence-corrected chi connectivity index (χ0v) is 17.6. The minimum Gasteiger partial charge on any atom is -0.479 e. The first-order valence-corrected chi connectivity index (χ1v) is 10.3. The highest BCUT2D eigenvalue weighted by atomic mass is 16.7. The van der Waals surface area contributed by atoms with Crippen molar-refractivity contribution >= 4 is 5.97 Å². The maximum atomic E-state index is 11.3. The summed E-state index contributed by atoms with van der Waals surface area (Å²) in [5.74, 6) is -1.65. The SMILES string of the molecule is C[C@@H]1OC(O)[C@H](O[C@@H]2O[C@@H](C)[C@H](O)[C@@H](O[C@H]3O[C@H](C(=O)O)[C@@H](O)[C@H](O)[C@H]3O)[C@H]2O)[C@H](O)[C@H]1O. The van der Waals surface area contributed by atoms with Crippen molar-refractivity contribution in [1.29, 1.82) is 0 Å². The van der Waals surface area contributed by atoms with E-state index < -0.39 is 98.1 Å². The van der Waals surface area contributed by atoms with Crippen LogP contribution in [0.4, 0.5) is 0 Å². The van der Waals surface area contributed by atoms with Crippen molar-refractivity contribution in [2.24, 2.45) is 0 Å². The highest BCUT2D eigenvalue weighted by molar-refractivity contribution is 5.73. The van der Waals surface area contributed by atoms with Gasteiger partial charge >= 0.3 is 5.97 Å². The van der Waals surface area contributed by atoms with E-state index in [1.165, 1.54) is 13.8 Å². The van der Waals surface area contributed by atoms with E-state index in [1.54, 1.807) is 0 Å². The summed E-state index contributed by atoms with van der Waals surface area (Å²) in [5, 5.41) is 90.3. The van der Waals surface area contributed by atoms with Gasteiger partial charge in [0, 0.05) is 0 Å². The van der Waals surface area contributed by atoms with Gasteiger partial charge in [-0.2, -0.15) is 0 Å². The molecular weight excluding hydrogens is 456 g/mol. The van der Waals surface area contributed by atoms with E-state index in [2.05, 4.69) is 0 Å². The number of hydrogen-bond donors (Lipinski definition) is 9. The molecule has 3 saturated heterocycles. The first-order valence-electron chi connectivity index (χ1n) is 10.3. The van der Waals surface area contributed by atoms with Crippen LogP contribution in [-0.4, -0.2) is 144 Å². The fourth-order valence-electron chi connectivity index (χ4n) is 3.91. The molecule has 3 aliphatic rings. The Morgan fingerprint density at radius 1 is 0.606 bits per heavy atom. The van der Waals surface area contributed by atoms with Gasteiger partial charge in [0.15, 0.2) is 25.0 Å². The number of aliphatic hydroxyl groups is 8. The zero-order valence-electron chi connectivity index (χ0n) is 17.6. The lowest BCUT2D eigenvalue weighted by Crippen LogP contribution is -2.66. The van der Waals surface area contributed by atoms with Crippen LogP contribution in [0, 0.1) is 0 Å². The molecule has 0 amide bonds. The molecular formula is C18H30O15. The van der Waals surface area contributed by atoms with Crippen LogP contribution in [0.15, 0.2) is 0 Å². The summed E-state index contributed by atoms with van der Waals surface area (Å²) >= 11 is 0. The second-order valence-corrected chi connectivity index (χ2v) is 8.34. The van der Waals surface area contributed by atoms with Crippen molar-refractivity contribution in [1.82, 2.24) is 0 Å². The lowest BCUT2D eigenvalue weighted by atomic mass is 9.96. The molecule has 0 aromatic carbocycles. The highest BCUT2D eigenvalue weighted by Crippen LogP contribution is 2.32. The molecule has 15 heteroatoms. The molecule has 1 unspecified atom stereocenters. The number of aliphatic hydroxyl groups excluding tert-OH is 8. The molecule has 9 N–H and O–H groups in total. The molecule has 0 bridgehead atoms. The Kier molecular flexibility index (Phi) is 8.28. The van der Waals surface area contributed by atoms with Crippen LogP contribution in [0.2, 0.25) is 0 Å². The number of carboxylic acids is 1. The molecule has 15 nitrogen and oxygen atoms in total. The highest BCUT2D eigenvalue weighted by Gasteiger charge is 2.53. The Morgan fingerprint density at radius 3 is 1.76 bits per heavy atom. The predicted molar refractivity (Wildman–Crippen MR) is 99.0 cm³/mol. The standard InChI is InChI=1S/C18H30O15/c1-3-5(19)8(22)14(16(28)29-3)33-18-11(25)12(6(20)4(2)30-18)31-17-10(24)7(21)9(23)13(32-17)15(26)27/h3-14,16-25,28H,1-2H3,(H,26,27)/t3-,4-,5-,6-,7-,8+,9-,10+,11+,12+,13-,14+,16?,17-,18-/m0/s1. The van der Waals surface area contributed by atoms with Crippen LogP contribution in [0.25, 0.3) is 0 Å². The summed E-state index contributed by atoms with van der Waals surface area (Å²) in [5.41, 5.74) is 0. The van der Waals surface area contributed by atoms with Gasteiger partial charge in [-0.15, -0.1) is 0 Å². The summed E-state index contributed by atoms with van der Waals surface area (Å²) in [4.78, 5) is 11.3. The van der Waals surface area contributed by atoms with Crippen LogP contribution < -0.4 is 0 Å². The fourth-order valence-corrected chi connectivity index (χ4v) is 3.91. The molecule has 15 atom stereocenters. The van der Waals surface area contributed by atoms with Gasteiger partial charge in [0.25, 0.3) is 0 Å². The maximum Gasteiger partial charge on any atom is 0.335 e. The molecule has 3 rings (SSSR count). The van der Waals surface area contributed by atoms with Crippen molar-refractivity contribution in [3.8, 4) is 0 Å². The number of aliphatic carboxylic acids is 1. The Bertz CT molecular complexity index is 679. The molecule has 192 valence electrons. The molecule has 0 saturated carbocycles. The van der Waals surface area contributed by atoms with E-state index in [0.717, 1.165) is 0 Å². The lowest BCUT2D eigenvalue weighted by molar-refractivity contribution is -0.377. The van der Waals surface area contributed by atoms with E-state index in [-0.39, 0.29) is 0 Å². The third-order valence-electron chi connectivity index (χ3n) is 5.98. The van der Waals surface area contributed by atoms with E-state index in [0.29, 0.717) is 0 Å². The second-order valence-electron chi connectivity index (χ2n) is 8.34. The van der Waals surface area contributed by atoms with Gasteiger partial charge in [-0.05, 0) is 13.8 Å². The fraction of sp³-hybridized carbons (Fsp3) is 0.944. The quantitative estimate of drug-likeness (QED) is 0.176. The molecule has 0 spiro atoms. The Labute approximate surface area is 187 Å². The van der Waals surface area contributed by atoms with E-state index in [1.807, 2.05) is 0 Å². The molecule has 0 aromatic heterocycles. The molecule has 3 heterocycles. The van der Waals surface area contributed by atoms with Crippen molar-refractivity contribution in [2.75, 3.05) is 0 Å². The van der Waals surface area contributed by atoms with Crippen LogP contribution in [0.1, 0.15) is 13.8 Å². The van der Waals surface area contributed by atoms with Crippen molar-refractivity contribution in [3.05, 3.63) is 0 Å². The number of ether oxygens (including phenoxy) is 5. The number of carbonyl (C=O) groups is 1. The summed E-state index contributed by atoms with van der Waals surface area (Å²) in [6.07, 6.45) is -24.8. The topological polar surface area (TPSA) is 245 Å². The summed E-state index contributed by atoms with van der Waals surface area (Å²) in [7, 11) is 0. The van der Waals surface area contributed by atoms with E-state index >= 15 is 0 Å². The molecule has 33 heavy (non-hydrogen) atoms. The number of hydrogen-bond acceptors (Lipinski definition) is 14. The zero-order chi connectivity index (χ0) is 24.8. The normalized spacial score (nSPS) is 53.6. The van der Waals surface area contributed by atoms with Gasteiger partial charge in [-0.1, -0.05) is 0 Å². The Hall–Kier alpha value is -1.05. The molecule has 0 aromatic rings. The predicted octanol–water partition coefficient (Wildman–Crippen LogP) is -5.43. The molecule has 3 fully saturated rings. The van der Waals surface area contributed by atoms with Gasteiger partial charge in [0.2, 0.25) is 0 Å². The van der Waals surface area contributed by atoms with Gasteiger partial charge in [0.05, 0.1) is 12.2 Å². The lowest BCUT2D eigenvalue weighted by Gasteiger charge is -2.47. The van der Waals surface area contributed by atoms with Crippen LogP contribution in [0.5, 0.6) is 0 Å². The molecule has 0 radical (unpaired) electrons. The summed E-state index contributed by atoms with van der Waals surface area (Å²) < 4.78 is 26.2. The van der Waals surface area contributed by atoms with E-state index in [4.69, 9.17) is 28.8 Å². The van der Waals surface area contributed by atoms with Crippen molar-refractivity contribution in [2.45, 2.75) is 106 Å². The monoisotopic (exact) mass is 486 g/mol. The molecule has 3 aliphatic heterocycles. The second kappa shape index (κ2) is 10.3. The minimum atomic E-state index is -1.98. The maximum absolute atomic E-state index is 11.3. The average molecular weight is 486 g/mol. The largest absolute Gasteiger partial charge is 0.479 e. The summed E-state index contributed by atoms with van der Waals surface area (Å²) in [6.45, 7) is 2.77. The Balaban J connectivity index is 1.75. The van der Waals surface area contributed by atoms with Crippen LogP contribution >= 0.6 is 0 Å². The van der Waals surface area contributed by atoms with Gasteiger partial charge in [-0.3, -0.25) is 0 Å². The van der Waals surface area contributed by atoms with Gasteiger partial charge < -0.3 is 69.6 Å². The van der Waals surface area contributed by atoms with Gasteiger partial charge in [-0.25, -0.2) is 4.79 Å². The first kappa shape index (κ1) is 26.6. The third-order valence-corrected chi connectivity index (χ3v) is 5.98. The summed E-state index contributed by atoms with van der Waals surface area (Å²) in [6, 6.07) is 0.